The topological polar surface area (TPSA) is 132 Å². The van der Waals surface area contributed by atoms with E-state index in [1.807, 2.05) is 60.7 Å². The minimum absolute atomic E-state index is 0.0235. The third-order valence-corrected chi connectivity index (χ3v) is 5.22. The fourth-order valence-corrected chi connectivity index (χ4v) is 3.57. The molecule has 0 spiro atoms. The molecule has 3 rings (SSSR count). The number of hydrogen-bond donors (Lipinski definition) is 4. The van der Waals surface area contributed by atoms with Crippen molar-refractivity contribution in [3.8, 4) is 0 Å². The van der Waals surface area contributed by atoms with E-state index in [0.29, 0.717) is 5.69 Å². The second-order valence-electron chi connectivity index (χ2n) is 7.22. The lowest BCUT2D eigenvalue weighted by Crippen LogP contribution is -2.33. The predicted molar refractivity (Wildman–Crippen MR) is 129 cm³/mol. The van der Waals surface area contributed by atoms with Gasteiger partial charge in [-0.1, -0.05) is 60.7 Å². The van der Waals surface area contributed by atoms with Crippen LogP contribution >= 0.6 is 0 Å². The van der Waals surface area contributed by atoms with Gasteiger partial charge in [-0.15, -0.1) is 0 Å². The second-order valence-corrected chi connectivity index (χ2v) is 7.22. The van der Waals surface area contributed by atoms with E-state index in [1.54, 1.807) is 13.8 Å². The van der Waals surface area contributed by atoms with E-state index in [0.717, 1.165) is 20.9 Å². The van der Waals surface area contributed by atoms with Crippen LogP contribution in [0.25, 0.3) is 0 Å². The lowest BCUT2D eigenvalue weighted by Gasteiger charge is -2.27. The number of hydrogen-bond acceptors (Lipinski definition) is 5. The number of nitrogens with two attached hydrogens (primary N) is 1. The third-order valence-electron chi connectivity index (χ3n) is 5.22. The van der Waals surface area contributed by atoms with E-state index in [2.05, 4.69) is 10.3 Å². The third kappa shape index (κ3) is 5.15. The number of nitrogens with one attached hydrogen (secondary N) is 1. The van der Waals surface area contributed by atoms with Crippen molar-refractivity contribution < 1.29 is 19.8 Å². The van der Waals surface area contributed by atoms with Crippen molar-refractivity contribution in [3.05, 3.63) is 77.9 Å². The quantitative estimate of drug-likeness (QED) is 0.385. The van der Waals surface area contributed by atoms with E-state index >= 15 is 0 Å². The van der Waals surface area contributed by atoms with Gasteiger partial charge in [0.15, 0.2) is 5.82 Å². The van der Waals surface area contributed by atoms with Gasteiger partial charge in [0.05, 0.1) is 17.4 Å². The molecule has 0 aliphatic heterocycles. The van der Waals surface area contributed by atoms with Crippen molar-refractivity contribution in [1.82, 2.24) is 4.98 Å². The Bertz CT molecular complexity index is 1070. The molecule has 0 atom stereocenters. The zero-order chi connectivity index (χ0) is 24.0. The lowest BCUT2D eigenvalue weighted by molar-refractivity contribution is 0.201. The number of anilines is 4. The van der Waals surface area contributed by atoms with Gasteiger partial charge in [0, 0.05) is 19.2 Å². The van der Waals surface area contributed by atoms with Crippen molar-refractivity contribution in [2.45, 2.75) is 19.9 Å². The number of benzene rings is 2. The molecule has 0 saturated heterocycles. The average Bonchev–Trinajstić information content (AvgIpc) is 2.81. The molecule has 1 heterocycles. The summed E-state index contributed by atoms with van der Waals surface area (Å²) in [5.41, 5.74) is 8.80. The first-order chi connectivity index (χ1) is 15.9. The molecule has 2 aromatic carbocycles. The molecule has 9 nitrogen and oxygen atoms in total. The number of amides is 2. The Morgan fingerprint density at radius 1 is 0.909 bits per heavy atom. The Balaban J connectivity index is 2.18. The van der Waals surface area contributed by atoms with E-state index in [-0.39, 0.29) is 36.5 Å². The highest BCUT2D eigenvalue weighted by atomic mass is 16.4. The van der Waals surface area contributed by atoms with Crippen LogP contribution < -0.4 is 20.9 Å². The van der Waals surface area contributed by atoms with Crippen LogP contribution in [0.4, 0.5) is 32.6 Å². The predicted octanol–water partition coefficient (Wildman–Crippen LogP) is 4.87. The molecule has 0 fully saturated rings. The van der Waals surface area contributed by atoms with Gasteiger partial charge in [-0.25, -0.2) is 14.6 Å². The van der Waals surface area contributed by atoms with Crippen LogP contribution in [0.5, 0.6) is 0 Å². The Morgan fingerprint density at radius 2 is 1.39 bits per heavy atom. The summed E-state index contributed by atoms with van der Waals surface area (Å²) < 4.78 is 0. The van der Waals surface area contributed by atoms with Crippen LogP contribution in [0.2, 0.25) is 0 Å². The summed E-state index contributed by atoms with van der Waals surface area (Å²) in [7, 11) is 0. The molecule has 9 heteroatoms. The van der Waals surface area contributed by atoms with E-state index in [9.17, 15) is 19.8 Å². The van der Waals surface area contributed by atoms with Crippen LogP contribution in [0.15, 0.2) is 66.7 Å². The van der Waals surface area contributed by atoms with Crippen molar-refractivity contribution in [2.75, 3.05) is 33.9 Å². The Kier molecular flexibility index (Phi) is 7.34. The van der Waals surface area contributed by atoms with Gasteiger partial charge >= 0.3 is 12.2 Å². The molecule has 0 bridgehead atoms. The highest BCUT2D eigenvalue weighted by Gasteiger charge is 2.25. The summed E-state index contributed by atoms with van der Waals surface area (Å²) in [6.45, 7) is 3.55. The van der Waals surface area contributed by atoms with Crippen LogP contribution in [0.1, 0.15) is 31.0 Å². The maximum atomic E-state index is 11.8. The summed E-state index contributed by atoms with van der Waals surface area (Å²) >= 11 is 0. The van der Waals surface area contributed by atoms with Gasteiger partial charge in [-0.05, 0) is 25.0 Å². The van der Waals surface area contributed by atoms with E-state index in [4.69, 9.17) is 5.73 Å². The number of carboxylic acid groups (broad SMARTS) is 2. The molecular formula is C24H27N5O4. The maximum absolute atomic E-state index is 11.8. The fraction of sp³-hybridized carbons (Fsp3) is 0.208. The summed E-state index contributed by atoms with van der Waals surface area (Å²) in [5, 5.41) is 22.7. The van der Waals surface area contributed by atoms with Gasteiger partial charge in [0.25, 0.3) is 0 Å². The van der Waals surface area contributed by atoms with Crippen LogP contribution in [0.3, 0.4) is 0 Å². The van der Waals surface area contributed by atoms with Gasteiger partial charge in [-0.3, -0.25) is 9.80 Å². The summed E-state index contributed by atoms with van der Waals surface area (Å²) in [4.78, 5) is 29.9. The lowest BCUT2D eigenvalue weighted by atomic mass is 9.98. The van der Waals surface area contributed by atoms with Gasteiger partial charge < -0.3 is 21.3 Å². The zero-order valence-electron chi connectivity index (χ0n) is 18.5. The Hall–Kier alpha value is -4.27. The summed E-state index contributed by atoms with van der Waals surface area (Å²) in [5.74, 6) is 0.0563. The van der Waals surface area contributed by atoms with E-state index < -0.39 is 12.2 Å². The van der Waals surface area contributed by atoms with Crippen molar-refractivity contribution in [2.24, 2.45) is 0 Å². The first kappa shape index (κ1) is 23.4. The minimum atomic E-state index is -1.24. The van der Waals surface area contributed by atoms with Crippen LogP contribution in [-0.4, -0.2) is 40.5 Å². The maximum Gasteiger partial charge on any atom is 0.413 e. The molecule has 1 aromatic heterocycles. The number of nitrogens with zero attached hydrogens (tertiary/aromatic N) is 3. The molecule has 2 amide bonds. The van der Waals surface area contributed by atoms with Crippen LogP contribution in [-0.2, 0) is 0 Å². The SMILES string of the molecule is CCN(C(=O)O)c1cc(NC(c2ccccc2)c2ccccc2)c(N)c(N(CC)C(=O)O)n1. The van der Waals surface area contributed by atoms with Gasteiger partial charge in [0.1, 0.15) is 5.82 Å². The Morgan fingerprint density at radius 3 is 1.82 bits per heavy atom. The molecule has 3 aromatic rings. The number of nitrogen functional groups attached to an aromatic ring is 1. The van der Waals surface area contributed by atoms with E-state index in [1.165, 1.54) is 6.07 Å². The zero-order valence-corrected chi connectivity index (χ0v) is 18.5. The van der Waals surface area contributed by atoms with Gasteiger partial charge in [0.2, 0.25) is 0 Å². The van der Waals surface area contributed by atoms with Crippen molar-refractivity contribution in [3.63, 3.8) is 0 Å². The highest BCUT2D eigenvalue weighted by Crippen LogP contribution is 2.36. The first-order valence-electron chi connectivity index (χ1n) is 10.5. The number of rotatable bonds is 8. The fourth-order valence-electron chi connectivity index (χ4n) is 3.57. The molecular weight excluding hydrogens is 422 g/mol. The van der Waals surface area contributed by atoms with Crippen molar-refractivity contribution in [1.29, 1.82) is 0 Å². The van der Waals surface area contributed by atoms with Crippen LogP contribution in [0, 0.1) is 0 Å². The molecule has 5 N–H and O–H groups in total. The standard InChI is InChI=1S/C24H27N5O4/c1-3-28(23(30)31)19-15-18(20(25)22(27-19)29(4-2)24(32)33)26-21(16-11-7-5-8-12-16)17-13-9-6-10-14-17/h5-15,21H,3-4,25H2,1-2H3,(H,26,27)(H,30,31)(H,32,33). The molecule has 0 radical (unpaired) electrons. The normalized spacial score (nSPS) is 10.6. The molecule has 0 unspecified atom stereocenters. The Labute approximate surface area is 192 Å². The summed E-state index contributed by atoms with van der Waals surface area (Å²) in [6, 6.07) is 20.6. The molecule has 0 aliphatic carbocycles. The number of carbonyl (C=O) groups is 2. The smallest absolute Gasteiger partial charge is 0.413 e. The van der Waals surface area contributed by atoms with Gasteiger partial charge in [-0.2, -0.15) is 0 Å². The monoisotopic (exact) mass is 449 g/mol. The molecule has 0 aliphatic rings. The van der Waals surface area contributed by atoms with Crippen molar-refractivity contribution >= 4 is 35.2 Å². The highest BCUT2D eigenvalue weighted by molar-refractivity contribution is 5.95. The average molecular weight is 450 g/mol. The minimum Gasteiger partial charge on any atom is -0.465 e. The molecule has 33 heavy (non-hydrogen) atoms. The molecule has 0 saturated carbocycles. The molecule has 172 valence electrons. The summed E-state index contributed by atoms with van der Waals surface area (Å²) in [6.07, 6.45) is -2.44. The second kappa shape index (κ2) is 10.4. The number of aromatic nitrogens is 1. The first-order valence-corrected chi connectivity index (χ1v) is 10.5. The largest absolute Gasteiger partial charge is 0.465 e. The number of pyridine rings is 1.